The first-order valence-corrected chi connectivity index (χ1v) is 6.97. The van der Waals surface area contributed by atoms with Gasteiger partial charge in [0.1, 0.15) is 4.90 Å². The molecule has 6 heteroatoms. The largest absolute Gasteiger partial charge is 0.329 e. The minimum absolute atomic E-state index is 0.113. The van der Waals surface area contributed by atoms with Crippen LogP contribution in [0.1, 0.15) is 12.5 Å². The van der Waals surface area contributed by atoms with Crippen LogP contribution in [0.5, 0.6) is 0 Å². The molecule has 5 nitrogen and oxygen atoms in total. The van der Waals surface area contributed by atoms with Crippen LogP contribution in [0.3, 0.4) is 0 Å². The third kappa shape index (κ3) is 3.25. The second-order valence-electron chi connectivity index (χ2n) is 3.54. The standard InChI is InChI=1S/C12H17N3O2S/c1-3-5-10-6-4-7-11(12(10)14-2)18(16,17)15-9-8-13/h3-7,15H,2,8-9,13H2,1H3/b5-3-. The Bertz CT molecular complexity index is 550. The van der Waals surface area contributed by atoms with Gasteiger partial charge in [-0.15, -0.1) is 0 Å². The number of nitrogens with one attached hydrogen (secondary N) is 1. The summed E-state index contributed by atoms with van der Waals surface area (Å²) in [7, 11) is -3.60. The molecule has 3 N–H and O–H groups in total. The van der Waals surface area contributed by atoms with Gasteiger partial charge in [-0.05, 0) is 19.7 Å². The van der Waals surface area contributed by atoms with Gasteiger partial charge in [0.05, 0.1) is 5.69 Å². The number of rotatable bonds is 6. The van der Waals surface area contributed by atoms with E-state index >= 15 is 0 Å². The van der Waals surface area contributed by atoms with Crippen LogP contribution in [-0.4, -0.2) is 28.2 Å². The van der Waals surface area contributed by atoms with Gasteiger partial charge in [0.2, 0.25) is 10.0 Å². The maximum atomic E-state index is 12.0. The summed E-state index contributed by atoms with van der Waals surface area (Å²) in [5.41, 5.74) is 6.35. The van der Waals surface area contributed by atoms with Crippen LogP contribution >= 0.6 is 0 Å². The average Bonchev–Trinajstić information content (AvgIpc) is 2.36. The fourth-order valence-corrected chi connectivity index (χ4v) is 2.75. The minimum Gasteiger partial charge on any atom is -0.329 e. The van der Waals surface area contributed by atoms with E-state index in [0.717, 1.165) is 0 Å². The molecule has 0 spiro atoms. The molecule has 1 aromatic rings. The Labute approximate surface area is 107 Å². The smallest absolute Gasteiger partial charge is 0.242 e. The number of nitrogens with zero attached hydrogens (tertiary/aromatic N) is 1. The lowest BCUT2D eigenvalue weighted by Crippen LogP contribution is -2.29. The summed E-state index contributed by atoms with van der Waals surface area (Å²) in [5.74, 6) is 0. The van der Waals surface area contributed by atoms with Gasteiger partial charge in [0.15, 0.2) is 0 Å². The van der Waals surface area contributed by atoms with Crippen LogP contribution < -0.4 is 10.5 Å². The van der Waals surface area contributed by atoms with E-state index < -0.39 is 10.0 Å². The van der Waals surface area contributed by atoms with Crippen molar-refractivity contribution in [2.45, 2.75) is 11.8 Å². The number of aliphatic imine (C=N–C) groups is 1. The van der Waals surface area contributed by atoms with E-state index in [9.17, 15) is 8.42 Å². The van der Waals surface area contributed by atoms with Crippen molar-refractivity contribution < 1.29 is 8.42 Å². The van der Waals surface area contributed by atoms with Gasteiger partial charge in [-0.3, -0.25) is 4.99 Å². The van der Waals surface area contributed by atoms with Crippen LogP contribution in [-0.2, 0) is 10.0 Å². The number of benzene rings is 1. The van der Waals surface area contributed by atoms with Gasteiger partial charge in [0, 0.05) is 18.7 Å². The highest BCUT2D eigenvalue weighted by Gasteiger charge is 2.18. The van der Waals surface area contributed by atoms with Crippen molar-refractivity contribution in [3.8, 4) is 0 Å². The predicted octanol–water partition coefficient (Wildman–Crippen LogP) is 1.29. The number of hydrogen-bond acceptors (Lipinski definition) is 4. The number of hydrogen-bond donors (Lipinski definition) is 2. The third-order valence-electron chi connectivity index (χ3n) is 2.26. The fraction of sp³-hybridized carbons (Fsp3) is 0.250. The van der Waals surface area contributed by atoms with E-state index in [-0.39, 0.29) is 18.0 Å². The van der Waals surface area contributed by atoms with E-state index in [2.05, 4.69) is 16.4 Å². The summed E-state index contributed by atoms with van der Waals surface area (Å²) in [6, 6.07) is 4.95. The van der Waals surface area contributed by atoms with E-state index in [1.54, 1.807) is 18.2 Å². The van der Waals surface area contributed by atoms with E-state index in [1.807, 2.05) is 13.0 Å². The number of allylic oxidation sites excluding steroid dienone is 1. The van der Waals surface area contributed by atoms with E-state index in [0.29, 0.717) is 11.3 Å². The average molecular weight is 267 g/mol. The lowest BCUT2D eigenvalue weighted by Gasteiger charge is -2.10. The molecule has 0 heterocycles. The molecule has 0 saturated carbocycles. The molecule has 0 aromatic heterocycles. The second kappa shape index (κ2) is 6.44. The van der Waals surface area contributed by atoms with Crippen LogP contribution in [0.4, 0.5) is 5.69 Å². The summed E-state index contributed by atoms with van der Waals surface area (Å²) in [6.07, 6.45) is 3.60. The molecule has 1 aromatic carbocycles. The van der Waals surface area contributed by atoms with Gasteiger partial charge >= 0.3 is 0 Å². The molecule has 0 amide bonds. The molecule has 0 aliphatic heterocycles. The maximum absolute atomic E-state index is 12.0. The molecule has 0 bridgehead atoms. The van der Waals surface area contributed by atoms with Gasteiger partial charge in [-0.25, -0.2) is 13.1 Å². The Balaban J connectivity index is 3.32. The first-order chi connectivity index (χ1) is 8.56. The molecule has 0 aliphatic rings. The zero-order valence-electron chi connectivity index (χ0n) is 10.3. The van der Waals surface area contributed by atoms with Crippen molar-refractivity contribution in [2.24, 2.45) is 10.7 Å². The monoisotopic (exact) mass is 267 g/mol. The number of nitrogens with two attached hydrogens (primary N) is 1. The Morgan fingerprint density at radius 1 is 1.50 bits per heavy atom. The van der Waals surface area contributed by atoms with Crippen LogP contribution in [0.2, 0.25) is 0 Å². The topological polar surface area (TPSA) is 84.5 Å². The summed E-state index contributed by atoms with van der Waals surface area (Å²) in [5, 5.41) is 0. The van der Waals surface area contributed by atoms with Crippen LogP contribution in [0, 0.1) is 0 Å². The summed E-state index contributed by atoms with van der Waals surface area (Å²) < 4.78 is 26.5. The normalized spacial score (nSPS) is 11.9. The van der Waals surface area contributed by atoms with Crippen molar-refractivity contribution in [2.75, 3.05) is 13.1 Å². The molecule has 0 aliphatic carbocycles. The van der Waals surface area contributed by atoms with Crippen molar-refractivity contribution in [1.82, 2.24) is 4.72 Å². The van der Waals surface area contributed by atoms with E-state index in [4.69, 9.17) is 5.73 Å². The SMILES string of the molecule is C=Nc1c(/C=C\C)cccc1S(=O)(=O)NCCN. The zero-order valence-corrected chi connectivity index (χ0v) is 11.1. The molecule has 98 valence electrons. The highest BCUT2D eigenvalue weighted by molar-refractivity contribution is 7.89. The molecule has 1 rings (SSSR count). The number of para-hydroxylation sites is 1. The van der Waals surface area contributed by atoms with Crippen molar-refractivity contribution in [3.05, 3.63) is 29.8 Å². The first kappa shape index (κ1) is 14.6. The lowest BCUT2D eigenvalue weighted by molar-refractivity contribution is 0.582. The van der Waals surface area contributed by atoms with Gasteiger partial charge < -0.3 is 5.73 Å². The molecule has 0 fully saturated rings. The Kier molecular flexibility index (Phi) is 5.21. The maximum Gasteiger partial charge on any atom is 0.242 e. The molecule has 0 saturated heterocycles. The van der Waals surface area contributed by atoms with E-state index in [1.165, 1.54) is 6.07 Å². The molecule has 18 heavy (non-hydrogen) atoms. The van der Waals surface area contributed by atoms with Gasteiger partial charge in [-0.2, -0.15) is 0 Å². The van der Waals surface area contributed by atoms with Crippen LogP contribution in [0.25, 0.3) is 6.08 Å². The Hall–Kier alpha value is -1.50. The Morgan fingerprint density at radius 2 is 2.22 bits per heavy atom. The zero-order chi connectivity index (χ0) is 13.6. The highest BCUT2D eigenvalue weighted by Crippen LogP contribution is 2.28. The molecular weight excluding hydrogens is 250 g/mol. The summed E-state index contributed by atoms with van der Waals surface area (Å²) in [4.78, 5) is 3.92. The second-order valence-corrected chi connectivity index (χ2v) is 5.27. The molecular formula is C12H17N3O2S. The first-order valence-electron chi connectivity index (χ1n) is 5.49. The summed E-state index contributed by atoms with van der Waals surface area (Å²) >= 11 is 0. The Morgan fingerprint density at radius 3 is 2.78 bits per heavy atom. The van der Waals surface area contributed by atoms with Gasteiger partial charge in [0.25, 0.3) is 0 Å². The fourth-order valence-electron chi connectivity index (χ4n) is 1.51. The van der Waals surface area contributed by atoms with Crippen molar-refractivity contribution >= 4 is 28.5 Å². The van der Waals surface area contributed by atoms with Crippen molar-refractivity contribution in [1.29, 1.82) is 0 Å². The van der Waals surface area contributed by atoms with Crippen molar-refractivity contribution in [3.63, 3.8) is 0 Å². The molecule has 0 atom stereocenters. The van der Waals surface area contributed by atoms with Gasteiger partial charge in [-0.1, -0.05) is 24.3 Å². The quantitative estimate of drug-likeness (QED) is 0.762. The minimum atomic E-state index is -3.60. The van der Waals surface area contributed by atoms with Crippen LogP contribution in [0.15, 0.2) is 34.2 Å². The predicted molar refractivity (Wildman–Crippen MR) is 74.6 cm³/mol. The lowest BCUT2D eigenvalue weighted by atomic mass is 10.1. The summed E-state index contributed by atoms with van der Waals surface area (Å²) in [6.45, 7) is 5.70. The molecule has 0 radical (unpaired) electrons. The third-order valence-corrected chi connectivity index (χ3v) is 3.75. The number of sulfonamides is 1. The highest BCUT2D eigenvalue weighted by atomic mass is 32.2. The molecule has 0 unspecified atom stereocenters.